The lowest BCUT2D eigenvalue weighted by Crippen LogP contribution is -2.03. The van der Waals surface area contributed by atoms with E-state index in [1.54, 1.807) is 6.07 Å². The highest BCUT2D eigenvalue weighted by molar-refractivity contribution is 14.1. The summed E-state index contributed by atoms with van der Waals surface area (Å²) >= 11 is 2.07. The normalized spacial score (nSPS) is 15.4. The topological polar surface area (TPSA) is 21.6 Å². The van der Waals surface area contributed by atoms with Crippen LogP contribution in [0.5, 0.6) is 0 Å². The molecule has 0 N–H and O–H groups in total. The molecule has 13 heavy (non-hydrogen) atoms. The fourth-order valence-corrected chi connectivity index (χ4v) is 1.87. The molecule has 0 bridgehead atoms. The predicted octanol–water partition coefficient (Wildman–Crippen LogP) is 2.21. The van der Waals surface area contributed by atoms with E-state index in [0.29, 0.717) is 19.0 Å². The molecular formula is C9H7FINO. The van der Waals surface area contributed by atoms with Crippen LogP contribution in [0.3, 0.4) is 0 Å². The van der Waals surface area contributed by atoms with Gasteiger partial charge in [0.25, 0.3) is 0 Å². The molecule has 0 saturated carbocycles. The smallest absolute Gasteiger partial charge is 0.217 e. The highest BCUT2D eigenvalue weighted by Crippen LogP contribution is 2.17. The van der Waals surface area contributed by atoms with E-state index in [1.165, 1.54) is 12.1 Å². The molecule has 1 aliphatic heterocycles. The summed E-state index contributed by atoms with van der Waals surface area (Å²) in [6.45, 7) is 1.32. The zero-order valence-electron chi connectivity index (χ0n) is 6.76. The van der Waals surface area contributed by atoms with E-state index in [9.17, 15) is 4.39 Å². The molecule has 0 radical (unpaired) electrons. The van der Waals surface area contributed by atoms with Gasteiger partial charge >= 0.3 is 0 Å². The summed E-state index contributed by atoms with van der Waals surface area (Å²) in [4.78, 5) is 4.16. The van der Waals surface area contributed by atoms with Crippen LogP contribution >= 0.6 is 22.6 Å². The van der Waals surface area contributed by atoms with Crippen molar-refractivity contribution in [3.8, 4) is 0 Å². The Balaban J connectivity index is 2.40. The van der Waals surface area contributed by atoms with Gasteiger partial charge in [0.15, 0.2) is 0 Å². The Bertz CT molecular complexity index is 365. The highest BCUT2D eigenvalue weighted by Gasteiger charge is 2.13. The van der Waals surface area contributed by atoms with Gasteiger partial charge in [-0.25, -0.2) is 9.38 Å². The summed E-state index contributed by atoms with van der Waals surface area (Å²) in [5.74, 6) is 0.399. The second kappa shape index (κ2) is 3.61. The zero-order valence-corrected chi connectivity index (χ0v) is 8.92. The second-order valence-electron chi connectivity index (χ2n) is 2.66. The van der Waals surface area contributed by atoms with Gasteiger partial charge in [-0.2, -0.15) is 0 Å². The molecule has 0 aromatic heterocycles. The highest BCUT2D eigenvalue weighted by atomic mass is 127. The van der Waals surface area contributed by atoms with Gasteiger partial charge in [0.1, 0.15) is 12.4 Å². The summed E-state index contributed by atoms with van der Waals surface area (Å²) in [6.07, 6.45) is 0. The molecule has 0 unspecified atom stereocenters. The fourth-order valence-electron chi connectivity index (χ4n) is 1.16. The van der Waals surface area contributed by atoms with Gasteiger partial charge in [-0.3, -0.25) is 0 Å². The van der Waals surface area contributed by atoms with Crippen molar-refractivity contribution in [2.45, 2.75) is 0 Å². The number of hydrogen-bond acceptors (Lipinski definition) is 2. The summed E-state index contributed by atoms with van der Waals surface area (Å²) in [6, 6.07) is 4.59. The van der Waals surface area contributed by atoms with Gasteiger partial charge in [-0.15, -0.1) is 0 Å². The third-order valence-electron chi connectivity index (χ3n) is 1.75. The van der Waals surface area contributed by atoms with Gasteiger partial charge in [-0.05, 0) is 40.8 Å². The molecule has 0 atom stereocenters. The minimum atomic E-state index is -0.230. The van der Waals surface area contributed by atoms with Crippen molar-refractivity contribution >= 4 is 28.5 Å². The Morgan fingerprint density at radius 1 is 1.46 bits per heavy atom. The van der Waals surface area contributed by atoms with Crippen LogP contribution in [-0.2, 0) is 4.74 Å². The molecule has 2 rings (SSSR count). The third kappa shape index (κ3) is 1.82. The monoisotopic (exact) mass is 291 g/mol. The Hall–Kier alpha value is -0.650. The van der Waals surface area contributed by atoms with Gasteiger partial charge in [0, 0.05) is 9.13 Å². The lowest BCUT2D eigenvalue weighted by molar-refractivity contribution is 0.348. The van der Waals surface area contributed by atoms with Crippen LogP contribution in [0.1, 0.15) is 5.56 Å². The average Bonchev–Trinajstić information content (AvgIpc) is 2.56. The first-order valence-electron chi connectivity index (χ1n) is 3.90. The van der Waals surface area contributed by atoms with E-state index >= 15 is 0 Å². The number of nitrogens with zero attached hydrogens (tertiary/aromatic N) is 1. The predicted molar refractivity (Wildman–Crippen MR) is 56.5 cm³/mol. The number of hydrogen-bond donors (Lipinski definition) is 0. The lowest BCUT2D eigenvalue weighted by atomic mass is 10.2. The molecular weight excluding hydrogens is 284 g/mol. The van der Waals surface area contributed by atoms with Crippen LogP contribution in [0, 0.1) is 9.39 Å². The summed E-state index contributed by atoms with van der Waals surface area (Å²) in [7, 11) is 0. The molecule has 0 amide bonds. The third-order valence-corrected chi connectivity index (χ3v) is 2.64. The minimum absolute atomic E-state index is 0.230. The molecule has 4 heteroatoms. The first-order chi connectivity index (χ1) is 6.27. The molecule has 1 aliphatic rings. The van der Waals surface area contributed by atoms with Crippen LogP contribution in [0.2, 0.25) is 0 Å². The average molecular weight is 291 g/mol. The Morgan fingerprint density at radius 2 is 2.31 bits per heavy atom. The molecule has 0 fully saturated rings. The van der Waals surface area contributed by atoms with E-state index in [4.69, 9.17) is 4.74 Å². The van der Waals surface area contributed by atoms with E-state index in [0.717, 1.165) is 9.13 Å². The van der Waals surface area contributed by atoms with Crippen molar-refractivity contribution in [1.82, 2.24) is 0 Å². The van der Waals surface area contributed by atoms with E-state index in [2.05, 4.69) is 27.6 Å². The fraction of sp³-hybridized carbons (Fsp3) is 0.222. The number of benzene rings is 1. The van der Waals surface area contributed by atoms with Crippen LogP contribution in [-0.4, -0.2) is 19.0 Å². The molecule has 1 heterocycles. The summed E-state index contributed by atoms with van der Waals surface area (Å²) in [5.41, 5.74) is 0.875. The van der Waals surface area contributed by atoms with Crippen molar-refractivity contribution in [3.63, 3.8) is 0 Å². The van der Waals surface area contributed by atoms with Gasteiger partial charge < -0.3 is 4.74 Å². The molecule has 2 nitrogen and oxygen atoms in total. The molecule has 1 aromatic rings. The standard InChI is InChI=1S/C9H7FINO/c10-6-1-2-7(8(11)5-6)9-12-3-4-13-9/h1-2,5H,3-4H2. The Kier molecular flexibility index (Phi) is 2.48. The largest absolute Gasteiger partial charge is 0.475 e. The van der Waals surface area contributed by atoms with Crippen molar-refractivity contribution in [2.75, 3.05) is 13.2 Å². The molecule has 0 spiro atoms. The molecule has 0 saturated heterocycles. The summed E-state index contributed by atoms with van der Waals surface area (Å²) in [5, 5.41) is 0. The van der Waals surface area contributed by atoms with E-state index in [1.807, 2.05) is 0 Å². The number of aliphatic imine (C=N–C) groups is 1. The minimum Gasteiger partial charge on any atom is -0.475 e. The van der Waals surface area contributed by atoms with Crippen LogP contribution < -0.4 is 0 Å². The quantitative estimate of drug-likeness (QED) is 0.727. The number of rotatable bonds is 1. The molecule has 68 valence electrons. The number of halogens is 2. The van der Waals surface area contributed by atoms with Gasteiger partial charge in [0.05, 0.1) is 6.54 Å². The first kappa shape index (κ1) is 8.93. The Labute approximate surface area is 89.0 Å². The van der Waals surface area contributed by atoms with Crippen LogP contribution in [0.4, 0.5) is 4.39 Å². The first-order valence-corrected chi connectivity index (χ1v) is 4.98. The zero-order chi connectivity index (χ0) is 9.26. The SMILES string of the molecule is Fc1ccc(C2=NCCO2)c(I)c1. The summed E-state index contributed by atoms with van der Waals surface area (Å²) < 4.78 is 18.9. The van der Waals surface area contributed by atoms with Gasteiger partial charge in [-0.1, -0.05) is 0 Å². The van der Waals surface area contributed by atoms with E-state index < -0.39 is 0 Å². The van der Waals surface area contributed by atoms with Crippen LogP contribution in [0.15, 0.2) is 23.2 Å². The van der Waals surface area contributed by atoms with Crippen molar-refractivity contribution in [2.24, 2.45) is 4.99 Å². The number of ether oxygens (including phenoxy) is 1. The molecule has 1 aromatic carbocycles. The Morgan fingerprint density at radius 3 is 2.92 bits per heavy atom. The lowest BCUT2D eigenvalue weighted by Gasteiger charge is -2.03. The van der Waals surface area contributed by atoms with Crippen molar-refractivity contribution < 1.29 is 9.13 Å². The van der Waals surface area contributed by atoms with Crippen molar-refractivity contribution in [3.05, 3.63) is 33.1 Å². The maximum Gasteiger partial charge on any atom is 0.217 e. The van der Waals surface area contributed by atoms with Gasteiger partial charge in [0.2, 0.25) is 5.90 Å². The maximum absolute atomic E-state index is 12.7. The molecule has 0 aliphatic carbocycles. The van der Waals surface area contributed by atoms with Crippen molar-refractivity contribution in [1.29, 1.82) is 0 Å². The van der Waals surface area contributed by atoms with Crippen LogP contribution in [0.25, 0.3) is 0 Å². The maximum atomic E-state index is 12.7. The van der Waals surface area contributed by atoms with E-state index in [-0.39, 0.29) is 5.82 Å². The second-order valence-corrected chi connectivity index (χ2v) is 3.82.